The summed E-state index contributed by atoms with van der Waals surface area (Å²) >= 11 is 1.86. The molecule has 0 saturated carbocycles. The maximum atomic E-state index is 3.47. The van der Waals surface area contributed by atoms with Gasteiger partial charge in [-0.25, -0.2) is 0 Å². The van der Waals surface area contributed by atoms with Crippen molar-refractivity contribution < 1.29 is 0 Å². The van der Waals surface area contributed by atoms with Gasteiger partial charge in [-0.1, -0.05) is 6.07 Å². The van der Waals surface area contributed by atoms with Crippen molar-refractivity contribution >= 4 is 11.3 Å². The molecule has 1 aromatic heterocycles. The van der Waals surface area contributed by atoms with E-state index in [1.165, 1.54) is 18.0 Å². The average molecular weight is 210 g/mol. The Morgan fingerprint density at radius 3 is 3.14 bits per heavy atom. The van der Waals surface area contributed by atoms with E-state index in [1.54, 1.807) is 0 Å². The molecule has 2 atom stereocenters. The predicted octanol–water partition coefficient (Wildman–Crippen LogP) is 2.10. The van der Waals surface area contributed by atoms with E-state index >= 15 is 0 Å². The molecule has 1 aromatic rings. The first-order valence-electron chi connectivity index (χ1n) is 5.28. The fourth-order valence-electron chi connectivity index (χ4n) is 2.02. The molecular formula is C11H18N2S. The van der Waals surface area contributed by atoms with Crippen LogP contribution in [0.1, 0.15) is 24.8 Å². The van der Waals surface area contributed by atoms with Crippen LogP contribution in [0.4, 0.5) is 0 Å². The molecule has 1 fully saturated rings. The summed E-state index contributed by atoms with van der Waals surface area (Å²) in [6, 6.07) is 5.59. The summed E-state index contributed by atoms with van der Waals surface area (Å²) in [6.45, 7) is 8.02. The summed E-state index contributed by atoms with van der Waals surface area (Å²) in [6.07, 6.45) is 0. The Morgan fingerprint density at radius 1 is 1.64 bits per heavy atom. The van der Waals surface area contributed by atoms with E-state index in [2.05, 4.69) is 41.6 Å². The van der Waals surface area contributed by atoms with E-state index in [0.29, 0.717) is 12.1 Å². The lowest BCUT2D eigenvalue weighted by Gasteiger charge is -2.35. The fourth-order valence-corrected chi connectivity index (χ4v) is 2.84. The molecular weight excluding hydrogens is 192 g/mol. The summed E-state index contributed by atoms with van der Waals surface area (Å²) < 4.78 is 0. The summed E-state index contributed by atoms with van der Waals surface area (Å²) in [5, 5.41) is 5.64. The van der Waals surface area contributed by atoms with Crippen LogP contribution in [-0.2, 0) is 0 Å². The van der Waals surface area contributed by atoms with Gasteiger partial charge in [0, 0.05) is 36.6 Å². The van der Waals surface area contributed by atoms with Crippen LogP contribution in [0.25, 0.3) is 0 Å². The van der Waals surface area contributed by atoms with Gasteiger partial charge in [-0.2, -0.15) is 0 Å². The second-order valence-electron chi connectivity index (χ2n) is 4.04. The van der Waals surface area contributed by atoms with Crippen molar-refractivity contribution in [3.8, 4) is 0 Å². The molecule has 0 spiro atoms. The highest BCUT2D eigenvalue weighted by Gasteiger charge is 2.21. The maximum absolute atomic E-state index is 3.47. The highest BCUT2D eigenvalue weighted by molar-refractivity contribution is 7.10. The minimum atomic E-state index is 0.583. The Hall–Kier alpha value is -0.380. The van der Waals surface area contributed by atoms with Crippen LogP contribution in [0.15, 0.2) is 17.5 Å². The molecule has 0 aliphatic carbocycles. The van der Waals surface area contributed by atoms with Crippen molar-refractivity contribution in [1.82, 2.24) is 10.2 Å². The van der Waals surface area contributed by atoms with Gasteiger partial charge in [-0.15, -0.1) is 11.3 Å². The largest absolute Gasteiger partial charge is 0.312 e. The highest BCUT2D eigenvalue weighted by atomic mass is 32.1. The predicted molar refractivity (Wildman–Crippen MR) is 61.8 cm³/mol. The van der Waals surface area contributed by atoms with E-state index in [0.717, 1.165) is 6.54 Å². The molecule has 3 heteroatoms. The van der Waals surface area contributed by atoms with Gasteiger partial charge in [-0.3, -0.25) is 4.90 Å². The van der Waals surface area contributed by atoms with Crippen LogP contribution < -0.4 is 5.32 Å². The van der Waals surface area contributed by atoms with Gasteiger partial charge in [0.15, 0.2) is 0 Å². The van der Waals surface area contributed by atoms with Crippen LogP contribution >= 0.6 is 11.3 Å². The Kier molecular flexibility index (Phi) is 3.21. The Bertz CT molecular complexity index is 271. The molecule has 0 unspecified atom stereocenters. The summed E-state index contributed by atoms with van der Waals surface area (Å²) in [7, 11) is 0. The van der Waals surface area contributed by atoms with Crippen molar-refractivity contribution in [1.29, 1.82) is 0 Å². The number of hydrogen-bond acceptors (Lipinski definition) is 3. The van der Waals surface area contributed by atoms with Crippen molar-refractivity contribution in [3.63, 3.8) is 0 Å². The van der Waals surface area contributed by atoms with Gasteiger partial charge in [0.2, 0.25) is 0 Å². The molecule has 2 nitrogen and oxygen atoms in total. The number of thiophene rings is 1. The molecule has 1 aliphatic heterocycles. The molecule has 0 bridgehead atoms. The zero-order valence-electron chi connectivity index (χ0n) is 8.86. The van der Waals surface area contributed by atoms with Gasteiger partial charge in [0.05, 0.1) is 0 Å². The van der Waals surface area contributed by atoms with Gasteiger partial charge >= 0.3 is 0 Å². The normalized spacial score (nSPS) is 26.3. The molecule has 0 radical (unpaired) electrons. The lowest BCUT2D eigenvalue weighted by molar-refractivity contribution is 0.161. The first-order valence-corrected chi connectivity index (χ1v) is 6.16. The molecule has 14 heavy (non-hydrogen) atoms. The van der Waals surface area contributed by atoms with Crippen molar-refractivity contribution in [2.24, 2.45) is 0 Å². The minimum Gasteiger partial charge on any atom is -0.312 e. The maximum Gasteiger partial charge on any atom is 0.0414 e. The minimum absolute atomic E-state index is 0.583. The zero-order chi connectivity index (χ0) is 9.97. The SMILES string of the molecule is C[C@H](c1cccs1)N1CCN[C@@H](C)C1. The van der Waals surface area contributed by atoms with Gasteiger partial charge in [-0.05, 0) is 25.3 Å². The topological polar surface area (TPSA) is 15.3 Å². The second kappa shape index (κ2) is 4.43. The first kappa shape index (κ1) is 10.1. The third-order valence-electron chi connectivity index (χ3n) is 2.90. The fraction of sp³-hybridized carbons (Fsp3) is 0.636. The van der Waals surface area contributed by atoms with E-state index in [9.17, 15) is 0 Å². The van der Waals surface area contributed by atoms with Crippen LogP contribution in [0.2, 0.25) is 0 Å². The molecule has 0 aromatic carbocycles. The number of nitrogens with zero attached hydrogens (tertiary/aromatic N) is 1. The number of piperazine rings is 1. The summed E-state index contributed by atoms with van der Waals surface area (Å²) in [4.78, 5) is 4.05. The number of nitrogens with one attached hydrogen (secondary N) is 1. The first-order chi connectivity index (χ1) is 6.77. The quantitative estimate of drug-likeness (QED) is 0.804. The highest BCUT2D eigenvalue weighted by Crippen LogP contribution is 2.25. The number of hydrogen-bond donors (Lipinski definition) is 1. The Labute approximate surface area is 89.9 Å². The zero-order valence-corrected chi connectivity index (χ0v) is 9.68. The van der Waals surface area contributed by atoms with E-state index in [1.807, 2.05) is 11.3 Å². The molecule has 2 rings (SSSR count). The lowest BCUT2D eigenvalue weighted by atomic mass is 10.1. The monoisotopic (exact) mass is 210 g/mol. The van der Waals surface area contributed by atoms with Crippen LogP contribution in [0, 0.1) is 0 Å². The molecule has 0 amide bonds. The van der Waals surface area contributed by atoms with Crippen molar-refractivity contribution in [3.05, 3.63) is 22.4 Å². The van der Waals surface area contributed by atoms with E-state index in [4.69, 9.17) is 0 Å². The summed E-state index contributed by atoms with van der Waals surface area (Å²) in [5.74, 6) is 0. The second-order valence-corrected chi connectivity index (χ2v) is 5.02. The standard InChI is InChI=1S/C11H18N2S/c1-9-8-13(6-5-12-9)10(2)11-4-3-7-14-11/h3-4,7,9-10,12H,5-6,8H2,1-2H3/t9-,10+/m0/s1. The Balaban J connectivity index is 2.00. The Morgan fingerprint density at radius 2 is 2.50 bits per heavy atom. The summed E-state index contributed by atoms with van der Waals surface area (Å²) in [5.41, 5.74) is 0. The van der Waals surface area contributed by atoms with Gasteiger partial charge in [0.1, 0.15) is 0 Å². The van der Waals surface area contributed by atoms with E-state index in [-0.39, 0.29) is 0 Å². The van der Waals surface area contributed by atoms with Crippen LogP contribution in [0.3, 0.4) is 0 Å². The third kappa shape index (κ3) is 2.16. The molecule has 1 N–H and O–H groups in total. The lowest BCUT2D eigenvalue weighted by Crippen LogP contribution is -2.49. The van der Waals surface area contributed by atoms with Gasteiger partial charge < -0.3 is 5.32 Å². The molecule has 1 aliphatic rings. The van der Waals surface area contributed by atoms with Crippen molar-refractivity contribution in [2.45, 2.75) is 25.9 Å². The van der Waals surface area contributed by atoms with E-state index < -0.39 is 0 Å². The molecule has 78 valence electrons. The van der Waals surface area contributed by atoms with Crippen molar-refractivity contribution in [2.75, 3.05) is 19.6 Å². The average Bonchev–Trinajstić information content (AvgIpc) is 2.69. The number of rotatable bonds is 2. The van der Waals surface area contributed by atoms with Gasteiger partial charge in [0.25, 0.3) is 0 Å². The van der Waals surface area contributed by atoms with Crippen LogP contribution in [0.5, 0.6) is 0 Å². The smallest absolute Gasteiger partial charge is 0.0414 e. The third-order valence-corrected chi connectivity index (χ3v) is 3.95. The molecule has 1 saturated heterocycles. The van der Waals surface area contributed by atoms with Crippen LogP contribution in [-0.4, -0.2) is 30.6 Å². The molecule has 2 heterocycles.